The van der Waals surface area contributed by atoms with Crippen molar-refractivity contribution in [2.45, 2.75) is 18.6 Å². The molecule has 3 aromatic rings. The lowest BCUT2D eigenvalue weighted by Gasteiger charge is -2.24. The van der Waals surface area contributed by atoms with Crippen molar-refractivity contribution in [3.05, 3.63) is 77.5 Å². The van der Waals surface area contributed by atoms with Gasteiger partial charge in [-0.25, -0.2) is 9.78 Å². The van der Waals surface area contributed by atoms with Crippen LogP contribution in [0.5, 0.6) is 0 Å². The quantitative estimate of drug-likeness (QED) is 0.509. The Bertz CT molecular complexity index is 1240. The molecule has 11 heteroatoms. The molecule has 0 spiro atoms. The van der Waals surface area contributed by atoms with Crippen LogP contribution in [0.4, 0.5) is 18.0 Å². The van der Waals surface area contributed by atoms with E-state index >= 15 is 0 Å². The molecule has 170 valence electrons. The number of imide groups is 1. The maximum absolute atomic E-state index is 13.0. The third kappa shape index (κ3) is 4.04. The number of carbonyl (C=O) groups excluding carboxylic acids is 3. The summed E-state index contributed by atoms with van der Waals surface area (Å²) in [6, 6.07) is 10.0. The van der Waals surface area contributed by atoms with Gasteiger partial charge in [0.15, 0.2) is 17.7 Å². The molecule has 0 aliphatic carbocycles. The summed E-state index contributed by atoms with van der Waals surface area (Å²) in [5.41, 5.74) is -1.18. The van der Waals surface area contributed by atoms with Gasteiger partial charge in [-0.15, -0.1) is 0 Å². The number of hydrogen-bond acceptors (Lipinski definition) is 5. The first-order valence-electron chi connectivity index (χ1n) is 9.71. The first kappa shape index (κ1) is 22.1. The highest BCUT2D eigenvalue weighted by Gasteiger charge is 2.51. The van der Waals surface area contributed by atoms with Crippen molar-refractivity contribution in [1.29, 1.82) is 0 Å². The Hall–Kier alpha value is -4.15. The summed E-state index contributed by atoms with van der Waals surface area (Å²) in [5.74, 6) is -1.25. The van der Waals surface area contributed by atoms with Crippen LogP contribution < -0.4 is 16.0 Å². The van der Waals surface area contributed by atoms with Gasteiger partial charge < -0.3 is 15.1 Å². The Balaban J connectivity index is 1.61. The molecule has 1 saturated heterocycles. The number of nitrogens with one attached hydrogen (secondary N) is 3. The predicted molar refractivity (Wildman–Crippen MR) is 109 cm³/mol. The smallest absolute Gasteiger partial charge is 0.416 e. The molecule has 4 amide bonds. The second kappa shape index (κ2) is 8.08. The number of nitrogens with zero attached hydrogens (tertiary/aromatic N) is 1. The molecule has 1 fully saturated rings. The molecule has 2 aromatic carbocycles. The number of hydrogen-bond donors (Lipinski definition) is 3. The van der Waals surface area contributed by atoms with Gasteiger partial charge in [-0.3, -0.25) is 14.9 Å². The van der Waals surface area contributed by atoms with E-state index in [4.69, 9.17) is 4.42 Å². The molecule has 1 atom stereocenters. The Morgan fingerprint density at radius 2 is 1.82 bits per heavy atom. The van der Waals surface area contributed by atoms with Gasteiger partial charge in [-0.05, 0) is 36.2 Å². The van der Waals surface area contributed by atoms with E-state index < -0.39 is 35.1 Å². The maximum atomic E-state index is 13.0. The summed E-state index contributed by atoms with van der Waals surface area (Å²) in [7, 11) is 0. The van der Waals surface area contributed by atoms with E-state index in [0.717, 1.165) is 18.5 Å². The van der Waals surface area contributed by atoms with Crippen LogP contribution in [0.15, 0.2) is 59.3 Å². The Labute approximate surface area is 185 Å². The molecule has 1 aliphatic rings. The van der Waals surface area contributed by atoms with Crippen LogP contribution in [0.1, 0.15) is 27.4 Å². The van der Waals surface area contributed by atoms with E-state index in [9.17, 15) is 27.6 Å². The molecule has 1 aliphatic heterocycles. The lowest BCUT2D eigenvalue weighted by Crippen LogP contribution is -2.52. The van der Waals surface area contributed by atoms with Crippen molar-refractivity contribution >= 4 is 17.8 Å². The van der Waals surface area contributed by atoms with E-state index in [-0.39, 0.29) is 17.9 Å². The van der Waals surface area contributed by atoms with E-state index in [2.05, 4.69) is 20.9 Å². The minimum atomic E-state index is -4.48. The van der Waals surface area contributed by atoms with Crippen LogP contribution in [-0.2, 0) is 16.5 Å². The van der Waals surface area contributed by atoms with E-state index in [0.29, 0.717) is 16.8 Å². The van der Waals surface area contributed by atoms with Crippen LogP contribution in [0.2, 0.25) is 0 Å². The lowest BCUT2D eigenvalue weighted by atomic mass is 9.94. The van der Waals surface area contributed by atoms with Gasteiger partial charge >= 0.3 is 12.2 Å². The number of aryl methyl sites for hydroxylation is 1. The van der Waals surface area contributed by atoms with Gasteiger partial charge in [-0.2, -0.15) is 13.2 Å². The second-order valence-corrected chi connectivity index (χ2v) is 7.38. The number of rotatable bonds is 5. The van der Waals surface area contributed by atoms with E-state index in [1.807, 2.05) is 0 Å². The summed E-state index contributed by atoms with van der Waals surface area (Å²) in [6.07, 6.45) is -3.36. The standard InChI is InChI=1S/C22H17F3N4O4/c1-12-17(33-11-27-12)21(19(31)28-20(32)29-21)10-26-18(30)16-5-3-2-4-15(16)13-6-8-14(9-7-13)22(23,24)25/h2-9,11H,10H2,1H3,(H,26,30)(H2,28,29,31,32). The van der Waals surface area contributed by atoms with Crippen LogP contribution in [0.25, 0.3) is 11.1 Å². The van der Waals surface area contributed by atoms with E-state index in [1.54, 1.807) is 25.1 Å². The number of benzene rings is 2. The van der Waals surface area contributed by atoms with E-state index in [1.165, 1.54) is 18.2 Å². The van der Waals surface area contributed by atoms with Crippen molar-refractivity contribution in [2.75, 3.05) is 6.54 Å². The minimum Gasteiger partial charge on any atom is -0.445 e. The van der Waals surface area contributed by atoms with Gasteiger partial charge in [0.05, 0.1) is 17.8 Å². The molecule has 0 saturated carbocycles. The predicted octanol–water partition coefficient (Wildman–Crippen LogP) is 3.13. The lowest BCUT2D eigenvalue weighted by molar-refractivity contribution is -0.137. The van der Waals surface area contributed by atoms with Gasteiger partial charge in [0, 0.05) is 5.56 Å². The number of urea groups is 1. The Morgan fingerprint density at radius 1 is 1.12 bits per heavy atom. The van der Waals surface area contributed by atoms with Gasteiger partial charge in [0.2, 0.25) is 0 Å². The highest BCUT2D eigenvalue weighted by atomic mass is 19.4. The molecule has 1 unspecified atom stereocenters. The van der Waals surface area contributed by atoms with Crippen LogP contribution >= 0.6 is 0 Å². The largest absolute Gasteiger partial charge is 0.445 e. The zero-order valence-corrected chi connectivity index (χ0v) is 17.1. The molecule has 3 N–H and O–H groups in total. The van der Waals surface area contributed by atoms with Gasteiger partial charge in [0.1, 0.15) is 0 Å². The summed E-state index contributed by atoms with van der Waals surface area (Å²) in [5, 5.41) is 7.21. The monoisotopic (exact) mass is 458 g/mol. The summed E-state index contributed by atoms with van der Waals surface area (Å²) in [6.45, 7) is 1.24. The average Bonchev–Trinajstić information content (AvgIpc) is 3.34. The zero-order chi connectivity index (χ0) is 23.8. The number of halogens is 3. The molecule has 33 heavy (non-hydrogen) atoms. The number of carbonyl (C=O) groups is 3. The SMILES string of the molecule is Cc1ncoc1C1(CNC(=O)c2ccccc2-c2ccc(C(F)(F)F)cc2)NC(=O)NC1=O. The number of alkyl halides is 3. The number of oxazole rings is 1. The fourth-order valence-electron chi connectivity index (χ4n) is 3.65. The second-order valence-electron chi connectivity index (χ2n) is 7.38. The maximum Gasteiger partial charge on any atom is 0.416 e. The first-order chi connectivity index (χ1) is 15.6. The number of amides is 4. The van der Waals surface area contributed by atoms with Crippen molar-refractivity contribution in [2.24, 2.45) is 0 Å². The third-order valence-electron chi connectivity index (χ3n) is 5.28. The van der Waals surface area contributed by atoms with Crippen molar-refractivity contribution in [3.8, 4) is 11.1 Å². The van der Waals surface area contributed by atoms with Gasteiger partial charge in [-0.1, -0.05) is 30.3 Å². The molecule has 1 aromatic heterocycles. The third-order valence-corrected chi connectivity index (χ3v) is 5.28. The highest BCUT2D eigenvalue weighted by molar-refractivity contribution is 6.08. The molecular formula is C22H17F3N4O4. The summed E-state index contributed by atoms with van der Waals surface area (Å²) in [4.78, 5) is 41.4. The van der Waals surface area contributed by atoms with Crippen molar-refractivity contribution in [1.82, 2.24) is 20.9 Å². The number of aromatic nitrogens is 1. The molecular weight excluding hydrogens is 441 g/mol. The van der Waals surface area contributed by atoms with Crippen molar-refractivity contribution in [3.63, 3.8) is 0 Å². The van der Waals surface area contributed by atoms with Gasteiger partial charge in [0.25, 0.3) is 11.8 Å². The minimum absolute atomic E-state index is 0.0715. The fraction of sp³-hybridized carbons (Fsp3) is 0.182. The van der Waals surface area contributed by atoms with Crippen LogP contribution in [0.3, 0.4) is 0 Å². The fourth-order valence-corrected chi connectivity index (χ4v) is 3.65. The normalized spacial score (nSPS) is 18.1. The Kier molecular flexibility index (Phi) is 5.40. The Morgan fingerprint density at radius 3 is 2.39 bits per heavy atom. The molecule has 4 rings (SSSR count). The topological polar surface area (TPSA) is 113 Å². The highest BCUT2D eigenvalue weighted by Crippen LogP contribution is 2.32. The molecule has 2 heterocycles. The molecule has 0 bridgehead atoms. The van der Waals surface area contributed by atoms with Crippen molar-refractivity contribution < 1.29 is 32.0 Å². The molecule has 0 radical (unpaired) electrons. The zero-order valence-electron chi connectivity index (χ0n) is 17.1. The summed E-state index contributed by atoms with van der Waals surface area (Å²) >= 11 is 0. The van der Waals surface area contributed by atoms with Crippen LogP contribution in [-0.4, -0.2) is 29.4 Å². The average molecular weight is 458 g/mol. The summed E-state index contributed by atoms with van der Waals surface area (Å²) < 4.78 is 43.9. The molecule has 8 nitrogen and oxygen atoms in total. The first-order valence-corrected chi connectivity index (χ1v) is 9.71. The van der Waals surface area contributed by atoms with Crippen LogP contribution in [0, 0.1) is 6.92 Å².